The Morgan fingerprint density at radius 2 is 1.86 bits per heavy atom. The minimum absolute atomic E-state index is 0.405. The molecular weight excluding hydrogens is 363 g/mol. The zero-order chi connectivity index (χ0) is 20.9. The maximum absolute atomic E-state index is 13.1. The highest BCUT2D eigenvalue weighted by Crippen LogP contribution is 2.33. The summed E-state index contributed by atoms with van der Waals surface area (Å²) in [4.78, 5) is 8.94. The van der Waals surface area contributed by atoms with Gasteiger partial charge in [0.1, 0.15) is 0 Å². The second-order valence-corrected chi connectivity index (χ2v) is 7.06. The molecule has 3 nitrogen and oxygen atoms in total. The van der Waals surface area contributed by atoms with Crippen molar-refractivity contribution in [2.45, 2.75) is 52.8 Å². The number of allylic oxidation sites excluding steroid dienone is 3. The second kappa shape index (κ2) is 9.04. The van der Waals surface area contributed by atoms with Gasteiger partial charge in [-0.1, -0.05) is 18.7 Å². The van der Waals surface area contributed by atoms with E-state index in [1.165, 1.54) is 6.07 Å². The molecule has 1 N–H and O–H groups in total. The van der Waals surface area contributed by atoms with Crippen LogP contribution in [0.2, 0.25) is 0 Å². The molecule has 0 bridgehead atoms. The molecule has 1 saturated carbocycles. The molecule has 0 unspecified atom stereocenters. The van der Waals surface area contributed by atoms with Crippen LogP contribution in [0.3, 0.4) is 0 Å². The number of aliphatic imine (C=N–C) groups is 2. The summed E-state index contributed by atoms with van der Waals surface area (Å²) in [6, 6.07) is 5.62. The first-order chi connectivity index (χ1) is 13.1. The fraction of sp³-hybridized carbons (Fsp3) is 0.364. The number of alkyl halides is 3. The zero-order valence-corrected chi connectivity index (χ0v) is 16.7. The van der Waals surface area contributed by atoms with E-state index in [1.54, 1.807) is 39.1 Å². The Labute approximate surface area is 164 Å². The third kappa shape index (κ3) is 6.51. The standard InChI is InChI=1S/C22H26F3N3/c1-14(2)27-21(18-7-6-8-19(13-18)22(23,24)25)16(4)15(3)11-12-26-17(5)28-20-9-10-20/h6-8,11-13,20H,3,9-10H2,1-2,4-5H3,(H,26,28)/b12-11-,21-16+. The lowest BCUT2D eigenvalue weighted by Crippen LogP contribution is -2.13. The Hall–Kier alpha value is -2.63. The quantitative estimate of drug-likeness (QED) is 0.353. The Morgan fingerprint density at radius 1 is 1.18 bits per heavy atom. The second-order valence-electron chi connectivity index (χ2n) is 7.06. The molecule has 2 rings (SSSR count). The lowest BCUT2D eigenvalue weighted by molar-refractivity contribution is -0.137. The first-order valence-corrected chi connectivity index (χ1v) is 9.15. The van der Waals surface area contributed by atoms with E-state index < -0.39 is 11.7 Å². The van der Waals surface area contributed by atoms with Gasteiger partial charge in [0, 0.05) is 17.5 Å². The van der Waals surface area contributed by atoms with Gasteiger partial charge in [-0.25, -0.2) is 0 Å². The summed E-state index contributed by atoms with van der Waals surface area (Å²) in [7, 11) is 0. The Balaban J connectivity index is 2.30. The molecule has 1 fully saturated rings. The number of benzene rings is 1. The highest BCUT2D eigenvalue weighted by molar-refractivity contribution is 5.87. The Kier molecular flexibility index (Phi) is 7.00. The highest BCUT2D eigenvalue weighted by Gasteiger charge is 2.30. The monoisotopic (exact) mass is 389 g/mol. The van der Waals surface area contributed by atoms with Gasteiger partial charge >= 0.3 is 6.18 Å². The van der Waals surface area contributed by atoms with Crippen molar-refractivity contribution >= 4 is 17.2 Å². The number of nitrogens with one attached hydrogen (secondary N) is 1. The molecule has 1 aromatic carbocycles. The number of hydrogen-bond acceptors (Lipinski definition) is 2. The van der Waals surface area contributed by atoms with Crippen molar-refractivity contribution in [1.29, 1.82) is 0 Å². The molecule has 0 saturated heterocycles. The van der Waals surface area contributed by atoms with E-state index in [0.29, 0.717) is 28.4 Å². The molecular formula is C22H26F3N3. The maximum atomic E-state index is 13.1. The van der Waals surface area contributed by atoms with Crippen molar-refractivity contribution in [2.75, 3.05) is 0 Å². The maximum Gasteiger partial charge on any atom is 0.416 e. The summed E-state index contributed by atoms with van der Waals surface area (Å²) < 4.78 is 39.3. The van der Waals surface area contributed by atoms with E-state index in [-0.39, 0.29) is 0 Å². The Bertz CT molecular complexity index is 850. The molecule has 28 heavy (non-hydrogen) atoms. The van der Waals surface area contributed by atoms with E-state index in [4.69, 9.17) is 0 Å². The summed E-state index contributed by atoms with van der Waals surface area (Å²) in [5.74, 6) is 0.828. The first-order valence-electron chi connectivity index (χ1n) is 9.15. The summed E-state index contributed by atoms with van der Waals surface area (Å²) >= 11 is 0. The van der Waals surface area contributed by atoms with Gasteiger partial charge in [0.2, 0.25) is 0 Å². The molecule has 1 aromatic rings. The topological polar surface area (TPSA) is 36.8 Å². The van der Waals surface area contributed by atoms with E-state index in [1.807, 2.05) is 6.92 Å². The van der Waals surface area contributed by atoms with Gasteiger partial charge in [-0.05, 0) is 69.9 Å². The predicted molar refractivity (Wildman–Crippen MR) is 110 cm³/mol. The van der Waals surface area contributed by atoms with Gasteiger partial charge in [0.05, 0.1) is 23.1 Å². The first kappa shape index (κ1) is 21.7. The number of halogens is 3. The fourth-order valence-corrected chi connectivity index (χ4v) is 2.49. The lowest BCUT2D eigenvalue weighted by Gasteiger charge is -2.13. The summed E-state index contributed by atoms with van der Waals surface area (Å²) in [5.41, 5.74) is 2.29. The normalized spacial score (nSPS) is 16.0. The smallest absolute Gasteiger partial charge is 0.351 e. The van der Waals surface area contributed by atoms with Crippen LogP contribution in [0.15, 0.2) is 64.3 Å². The lowest BCUT2D eigenvalue weighted by atomic mass is 10.00. The van der Waals surface area contributed by atoms with Crippen molar-refractivity contribution in [3.8, 4) is 0 Å². The molecule has 1 aliphatic carbocycles. The highest BCUT2D eigenvalue weighted by atomic mass is 19.4. The number of rotatable bonds is 6. The van der Waals surface area contributed by atoms with Crippen LogP contribution in [-0.4, -0.2) is 17.6 Å². The molecule has 0 atom stereocenters. The van der Waals surface area contributed by atoms with Crippen molar-refractivity contribution in [3.05, 3.63) is 65.4 Å². The van der Waals surface area contributed by atoms with Crippen LogP contribution >= 0.6 is 0 Å². The minimum Gasteiger partial charge on any atom is -0.351 e. The van der Waals surface area contributed by atoms with Crippen LogP contribution in [0.5, 0.6) is 0 Å². The van der Waals surface area contributed by atoms with E-state index in [9.17, 15) is 13.2 Å². The van der Waals surface area contributed by atoms with Crippen molar-refractivity contribution in [1.82, 2.24) is 5.32 Å². The average molecular weight is 389 g/mol. The fourth-order valence-electron chi connectivity index (χ4n) is 2.49. The van der Waals surface area contributed by atoms with Gasteiger partial charge in [0.15, 0.2) is 0 Å². The van der Waals surface area contributed by atoms with E-state index in [0.717, 1.165) is 36.5 Å². The Morgan fingerprint density at radius 3 is 2.43 bits per heavy atom. The van der Waals surface area contributed by atoms with Gasteiger partial charge in [-0.15, -0.1) is 0 Å². The van der Waals surface area contributed by atoms with Crippen LogP contribution in [0, 0.1) is 0 Å². The van der Waals surface area contributed by atoms with Crippen LogP contribution in [0.25, 0.3) is 5.70 Å². The largest absolute Gasteiger partial charge is 0.416 e. The van der Waals surface area contributed by atoms with E-state index in [2.05, 4.69) is 21.9 Å². The summed E-state index contributed by atoms with van der Waals surface area (Å²) in [6.45, 7) is 11.3. The van der Waals surface area contributed by atoms with Gasteiger partial charge in [-0.3, -0.25) is 9.98 Å². The van der Waals surface area contributed by atoms with Gasteiger partial charge in [-0.2, -0.15) is 13.2 Å². The SMILES string of the molecule is C=C(/C=C\NC(C)=NC1CC1)/C(C)=C(/N=C(C)C)c1cccc(C(F)(F)F)c1. The number of amidine groups is 1. The molecule has 1 aliphatic rings. The minimum atomic E-state index is -4.40. The van der Waals surface area contributed by atoms with Crippen LogP contribution < -0.4 is 5.32 Å². The van der Waals surface area contributed by atoms with Gasteiger partial charge in [0.25, 0.3) is 0 Å². The summed E-state index contributed by atoms with van der Waals surface area (Å²) in [6.07, 6.45) is 1.37. The molecule has 0 aliphatic heterocycles. The molecule has 6 heteroatoms. The molecule has 150 valence electrons. The van der Waals surface area contributed by atoms with Crippen molar-refractivity contribution in [2.24, 2.45) is 9.98 Å². The molecule has 0 aromatic heterocycles. The van der Waals surface area contributed by atoms with Crippen molar-refractivity contribution in [3.63, 3.8) is 0 Å². The summed E-state index contributed by atoms with van der Waals surface area (Å²) in [5, 5.41) is 3.09. The van der Waals surface area contributed by atoms with Crippen LogP contribution in [-0.2, 0) is 6.18 Å². The average Bonchev–Trinajstić information content (AvgIpc) is 3.42. The van der Waals surface area contributed by atoms with Crippen LogP contribution in [0.4, 0.5) is 13.2 Å². The number of nitrogens with zero attached hydrogens (tertiary/aromatic N) is 2. The predicted octanol–water partition coefficient (Wildman–Crippen LogP) is 6.16. The molecule has 0 heterocycles. The molecule has 0 radical (unpaired) electrons. The zero-order valence-electron chi connectivity index (χ0n) is 16.7. The van der Waals surface area contributed by atoms with Gasteiger partial charge < -0.3 is 5.32 Å². The number of hydrogen-bond donors (Lipinski definition) is 1. The third-order valence-electron chi connectivity index (χ3n) is 4.14. The third-order valence-corrected chi connectivity index (χ3v) is 4.14. The molecule has 0 amide bonds. The van der Waals surface area contributed by atoms with Crippen LogP contribution in [0.1, 0.15) is 51.7 Å². The van der Waals surface area contributed by atoms with E-state index >= 15 is 0 Å². The molecule has 0 spiro atoms. The van der Waals surface area contributed by atoms with Crippen molar-refractivity contribution < 1.29 is 13.2 Å².